The Labute approximate surface area is 100 Å². The van der Waals surface area contributed by atoms with Gasteiger partial charge in [0.1, 0.15) is 0 Å². The van der Waals surface area contributed by atoms with Crippen LogP contribution in [0.5, 0.6) is 0 Å². The Hall–Kier alpha value is -0.170. The summed E-state index contributed by atoms with van der Waals surface area (Å²) in [6.07, 6.45) is 6.55. The van der Waals surface area contributed by atoms with Crippen molar-refractivity contribution in [2.24, 2.45) is 0 Å². The topological polar surface area (TPSA) is 0 Å². The summed E-state index contributed by atoms with van der Waals surface area (Å²) in [7, 11) is -1.49. The Morgan fingerprint density at radius 3 is 2.31 bits per heavy atom. The molecule has 1 heteroatoms. The highest BCUT2D eigenvalue weighted by Gasteiger charge is 2.71. The summed E-state index contributed by atoms with van der Waals surface area (Å²) in [4.78, 5) is 0. The van der Waals surface area contributed by atoms with Crippen LogP contribution < -0.4 is 0 Å². The van der Waals surface area contributed by atoms with Crippen molar-refractivity contribution in [1.29, 1.82) is 0 Å². The molecule has 0 nitrogen and oxygen atoms in total. The zero-order valence-electron chi connectivity index (χ0n) is 11.4. The molecular formula is C15H26S. The zero-order chi connectivity index (χ0) is 11.8. The van der Waals surface area contributed by atoms with Crippen molar-refractivity contribution in [2.75, 3.05) is 11.5 Å². The summed E-state index contributed by atoms with van der Waals surface area (Å²) in [5, 5.41) is 1.82. The fraction of sp³-hybridized carbons (Fsp3) is 0.733. The Bertz CT molecular complexity index is 421. The highest BCUT2D eigenvalue weighted by atomic mass is 32.3. The molecule has 92 valence electrons. The molecule has 2 saturated heterocycles. The van der Waals surface area contributed by atoms with Gasteiger partial charge < -0.3 is 0 Å². The van der Waals surface area contributed by atoms with E-state index in [0.29, 0.717) is 4.75 Å². The summed E-state index contributed by atoms with van der Waals surface area (Å²) < 4.78 is 0.515. The Morgan fingerprint density at radius 1 is 1.31 bits per heavy atom. The van der Waals surface area contributed by atoms with E-state index in [1.54, 1.807) is 22.7 Å². The lowest BCUT2D eigenvalue weighted by molar-refractivity contribution is 0.771. The second-order valence-corrected chi connectivity index (χ2v) is 13.7. The van der Waals surface area contributed by atoms with E-state index in [0.717, 1.165) is 10.5 Å². The van der Waals surface area contributed by atoms with Crippen LogP contribution in [0.25, 0.3) is 0 Å². The van der Waals surface area contributed by atoms with Gasteiger partial charge in [-0.05, 0) is 60.3 Å². The lowest BCUT2D eigenvalue weighted by atomic mass is 9.92. The predicted octanol–water partition coefficient (Wildman–Crippen LogP) is 3.92. The standard InChI is InChI=1S/C15H26S/c1-6-14-13-10-11(2)16(12(13)3,8-7-9-16)15(14,4)5/h6,10-12,16H,7-9H2,1-5H3/b14-6-. The molecule has 1 spiro atoms. The third kappa shape index (κ3) is 0.681. The van der Waals surface area contributed by atoms with Crippen LogP contribution in [-0.2, 0) is 0 Å². The third-order valence-electron chi connectivity index (χ3n) is 6.92. The number of rotatable bonds is 0. The van der Waals surface area contributed by atoms with Crippen LogP contribution in [0.2, 0.25) is 0 Å². The van der Waals surface area contributed by atoms with Gasteiger partial charge in [-0.3, -0.25) is 9.16 Å². The normalized spacial score (nSPS) is 46.2. The van der Waals surface area contributed by atoms with Crippen LogP contribution in [0.15, 0.2) is 23.3 Å². The molecule has 0 N–H and O–H groups in total. The summed E-state index contributed by atoms with van der Waals surface area (Å²) in [5.74, 6) is 3.14. The smallest absolute Gasteiger partial charge is 0.00798 e. The molecular weight excluding hydrogens is 212 g/mol. The molecule has 0 aliphatic carbocycles. The van der Waals surface area contributed by atoms with Crippen molar-refractivity contribution in [3.63, 3.8) is 0 Å². The van der Waals surface area contributed by atoms with Gasteiger partial charge in [-0.2, -0.15) is 0 Å². The van der Waals surface area contributed by atoms with E-state index < -0.39 is 9.16 Å². The minimum atomic E-state index is -1.49. The SMILES string of the molecule is C/C=C1/C2=CC(C)[SH]3(CCC3)(C2C)C1(C)C. The van der Waals surface area contributed by atoms with Crippen LogP contribution in [-0.4, -0.2) is 26.8 Å². The summed E-state index contributed by atoms with van der Waals surface area (Å²) in [6.45, 7) is 12.4. The van der Waals surface area contributed by atoms with E-state index in [1.165, 1.54) is 6.42 Å². The van der Waals surface area contributed by atoms with E-state index in [9.17, 15) is 0 Å². The molecule has 2 atom stereocenters. The van der Waals surface area contributed by atoms with E-state index in [1.807, 2.05) is 0 Å². The van der Waals surface area contributed by atoms with Gasteiger partial charge in [-0.15, -0.1) is 0 Å². The number of hydrogen-bond acceptors (Lipinski definition) is 0. The summed E-state index contributed by atoms with van der Waals surface area (Å²) in [5.41, 5.74) is 3.44. The first-order chi connectivity index (χ1) is 7.41. The average molecular weight is 238 g/mol. The lowest BCUT2D eigenvalue weighted by Crippen LogP contribution is -2.55. The van der Waals surface area contributed by atoms with Gasteiger partial charge in [0, 0.05) is 4.75 Å². The second-order valence-electron chi connectivity index (χ2n) is 6.78. The molecule has 3 aliphatic heterocycles. The van der Waals surface area contributed by atoms with E-state index in [4.69, 9.17) is 0 Å². The summed E-state index contributed by atoms with van der Waals surface area (Å²) >= 11 is 0. The average Bonchev–Trinajstić information content (AvgIpc) is 2.44. The van der Waals surface area contributed by atoms with Crippen molar-refractivity contribution in [3.05, 3.63) is 23.3 Å². The molecule has 0 saturated carbocycles. The van der Waals surface area contributed by atoms with Gasteiger partial charge in [0.2, 0.25) is 0 Å². The third-order valence-corrected chi connectivity index (χ3v) is 17.2. The number of hydrogen-bond donors (Lipinski definition) is 1. The molecule has 0 radical (unpaired) electrons. The van der Waals surface area contributed by atoms with Crippen molar-refractivity contribution in [1.82, 2.24) is 0 Å². The van der Waals surface area contributed by atoms with E-state index >= 15 is 0 Å². The van der Waals surface area contributed by atoms with Gasteiger partial charge >= 0.3 is 0 Å². The largest absolute Gasteiger partial charge is 0.264 e. The lowest BCUT2D eigenvalue weighted by Gasteiger charge is -2.77. The Morgan fingerprint density at radius 2 is 1.94 bits per heavy atom. The molecule has 16 heavy (non-hydrogen) atoms. The minimum Gasteiger partial charge on any atom is -0.264 e. The molecule has 3 rings (SSSR count). The molecule has 0 amide bonds. The molecule has 2 bridgehead atoms. The maximum absolute atomic E-state index is 2.64. The Balaban J connectivity index is 2.33. The van der Waals surface area contributed by atoms with Gasteiger partial charge in [0.25, 0.3) is 0 Å². The number of fused-ring (bicyclic) bond motifs is 1. The first kappa shape index (κ1) is 11.0. The van der Waals surface area contributed by atoms with E-state index in [2.05, 4.69) is 46.8 Å². The quantitative estimate of drug-likeness (QED) is 0.608. The van der Waals surface area contributed by atoms with Crippen LogP contribution in [0.3, 0.4) is 0 Å². The number of allylic oxidation sites excluding steroid dienone is 1. The molecule has 2 fully saturated rings. The summed E-state index contributed by atoms with van der Waals surface area (Å²) in [6, 6.07) is 0. The molecule has 0 aromatic carbocycles. The maximum Gasteiger partial charge on any atom is 0.00798 e. The van der Waals surface area contributed by atoms with Crippen LogP contribution >= 0.6 is 9.16 Å². The first-order valence-corrected chi connectivity index (χ1v) is 9.55. The molecule has 0 aromatic rings. The highest BCUT2D eigenvalue weighted by Crippen LogP contribution is 2.96. The van der Waals surface area contributed by atoms with Crippen LogP contribution in [0.1, 0.15) is 41.0 Å². The fourth-order valence-electron chi connectivity index (χ4n) is 5.81. The van der Waals surface area contributed by atoms with E-state index in [-0.39, 0.29) is 0 Å². The van der Waals surface area contributed by atoms with Crippen molar-refractivity contribution >= 4 is 9.16 Å². The zero-order valence-corrected chi connectivity index (χ0v) is 12.3. The van der Waals surface area contributed by atoms with Crippen molar-refractivity contribution in [2.45, 2.75) is 56.3 Å². The number of thiol groups is 1. The fourth-order valence-corrected chi connectivity index (χ4v) is 14.9. The monoisotopic (exact) mass is 238 g/mol. The van der Waals surface area contributed by atoms with Gasteiger partial charge in [-0.1, -0.05) is 26.0 Å². The van der Waals surface area contributed by atoms with Gasteiger partial charge in [-0.25, -0.2) is 0 Å². The molecule has 2 unspecified atom stereocenters. The van der Waals surface area contributed by atoms with Gasteiger partial charge in [0.05, 0.1) is 0 Å². The highest BCUT2D eigenvalue weighted by molar-refractivity contribution is 8.53. The molecule has 3 heterocycles. The van der Waals surface area contributed by atoms with Crippen molar-refractivity contribution in [3.8, 4) is 0 Å². The van der Waals surface area contributed by atoms with Crippen LogP contribution in [0.4, 0.5) is 0 Å². The predicted molar refractivity (Wildman–Crippen MR) is 78.2 cm³/mol. The first-order valence-electron chi connectivity index (χ1n) is 6.80. The molecule has 0 aromatic heterocycles. The second kappa shape index (κ2) is 2.63. The Kier molecular flexibility index (Phi) is 1.80. The molecule has 3 aliphatic rings. The van der Waals surface area contributed by atoms with Crippen LogP contribution in [0, 0.1) is 0 Å². The minimum absolute atomic E-state index is 0.515. The van der Waals surface area contributed by atoms with Crippen molar-refractivity contribution < 1.29 is 0 Å². The van der Waals surface area contributed by atoms with Gasteiger partial charge in [0.15, 0.2) is 0 Å². The maximum atomic E-state index is 2.64.